The normalized spacial score (nSPS) is 16.6. The lowest BCUT2D eigenvalue weighted by Crippen LogP contribution is -2.23. The molecular weight excluding hydrogens is 284 g/mol. The number of hydrogen-bond acceptors (Lipinski definition) is 3. The molecule has 108 valence electrons. The zero-order chi connectivity index (χ0) is 14.2. The van der Waals surface area contributed by atoms with Gasteiger partial charge in [-0.2, -0.15) is 0 Å². The minimum absolute atomic E-state index is 0.511. The number of rotatable bonds is 2. The van der Waals surface area contributed by atoms with Gasteiger partial charge in [-0.05, 0) is 31.0 Å². The van der Waals surface area contributed by atoms with Crippen LogP contribution < -0.4 is 5.32 Å². The van der Waals surface area contributed by atoms with Gasteiger partial charge in [0.15, 0.2) is 11.5 Å². The Bertz CT molecular complexity index is 789. The number of halogens is 1. The Kier molecular flexibility index (Phi) is 3.19. The molecule has 4 nitrogen and oxygen atoms in total. The van der Waals surface area contributed by atoms with Crippen molar-refractivity contribution in [2.45, 2.75) is 38.1 Å². The molecule has 0 radical (unpaired) electrons. The monoisotopic (exact) mass is 300 g/mol. The van der Waals surface area contributed by atoms with E-state index in [2.05, 4.69) is 14.7 Å². The zero-order valence-corrected chi connectivity index (χ0v) is 12.5. The third-order valence-electron chi connectivity index (χ3n) is 4.23. The van der Waals surface area contributed by atoms with Crippen molar-refractivity contribution < 1.29 is 0 Å². The van der Waals surface area contributed by atoms with Crippen molar-refractivity contribution in [3.8, 4) is 0 Å². The third-order valence-corrected chi connectivity index (χ3v) is 4.46. The molecule has 5 heteroatoms. The fraction of sp³-hybridized carbons (Fsp3) is 0.375. The van der Waals surface area contributed by atoms with Crippen LogP contribution in [0.3, 0.4) is 0 Å². The summed E-state index contributed by atoms with van der Waals surface area (Å²) in [6.45, 7) is 0. The summed E-state index contributed by atoms with van der Waals surface area (Å²) in [5.41, 5.74) is 2.79. The summed E-state index contributed by atoms with van der Waals surface area (Å²) in [4.78, 5) is 9.22. The molecule has 0 aliphatic heterocycles. The van der Waals surface area contributed by atoms with Crippen LogP contribution in [-0.2, 0) is 0 Å². The summed E-state index contributed by atoms with van der Waals surface area (Å²) < 4.78 is 2.05. The highest BCUT2D eigenvalue weighted by molar-refractivity contribution is 6.31. The van der Waals surface area contributed by atoms with Crippen molar-refractivity contribution in [2.75, 3.05) is 5.32 Å². The lowest BCUT2D eigenvalue weighted by molar-refractivity contribution is 0.462. The van der Waals surface area contributed by atoms with Gasteiger partial charge in [0.05, 0.1) is 11.0 Å². The van der Waals surface area contributed by atoms with Crippen LogP contribution in [0.2, 0.25) is 5.02 Å². The van der Waals surface area contributed by atoms with Gasteiger partial charge in [-0.3, -0.25) is 4.40 Å². The predicted octanol–water partition coefficient (Wildman–Crippen LogP) is 4.28. The van der Waals surface area contributed by atoms with Crippen LogP contribution in [0.15, 0.2) is 30.6 Å². The summed E-state index contributed by atoms with van der Waals surface area (Å²) in [6, 6.07) is 6.28. The van der Waals surface area contributed by atoms with Gasteiger partial charge in [0.25, 0.3) is 0 Å². The molecule has 1 saturated carbocycles. The summed E-state index contributed by atoms with van der Waals surface area (Å²) in [5.74, 6) is 0.877. The van der Waals surface area contributed by atoms with Gasteiger partial charge in [0.2, 0.25) is 0 Å². The highest BCUT2D eigenvalue weighted by atomic mass is 35.5. The van der Waals surface area contributed by atoms with Gasteiger partial charge in [0.1, 0.15) is 0 Å². The van der Waals surface area contributed by atoms with E-state index in [9.17, 15) is 0 Å². The molecule has 3 aromatic rings. The zero-order valence-electron chi connectivity index (χ0n) is 11.7. The largest absolute Gasteiger partial charge is 0.364 e. The van der Waals surface area contributed by atoms with Crippen molar-refractivity contribution in [2.24, 2.45) is 0 Å². The van der Waals surface area contributed by atoms with Gasteiger partial charge in [-0.25, -0.2) is 9.97 Å². The van der Waals surface area contributed by atoms with Gasteiger partial charge in [0, 0.05) is 23.5 Å². The predicted molar refractivity (Wildman–Crippen MR) is 86.0 cm³/mol. The van der Waals surface area contributed by atoms with E-state index in [-0.39, 0.29) is 0 Å². The van der Waals surface area contributed by atoms with Crippen LogP contribution in [0.5, 0.6) is 0 Å². The fourth-order valence-corrected chi connectivity index (χ4v) is 3.33. The van der Waals surface area contributed by atoms with Crippen molar-refractivity contribution in [3.63, 3.8) is 0 Å². The number of anilines is 1. The maximum Gasteiger partial charge on any atom is 0.180 e. The summed E-state index contributed by atoms with van der Waals surface area (Å²) >= 11 is 6.10. The smallest absolute Gasteiger partial charge is 0.180 e. The molecule has 4 rings (SSSR count). The van der Waals surface area contributed by atoms with Crippen LogP contribution >= 0.6 is 11.6 Å². The van der Waals surface area contributed by atoms with Gasteiger partial charge < -0.3 is 5.32 Å². The van der Waals surface area contributed by atoms with E-state index in [0.29, 0.717) is 11.1 Å². The fourth-order valence-electron chi connectivity index (χ4n) is 3.16. The maximum atomic E-state index is 6.10. The second-order valence-corrected chi connectivity index (χ2v) is 6.13. The first-order chi connectivity index (χ1) is 10.3. The minimum Gasteiger partial charge on any atom is -0.364 e. The first-order valence-corrected chi connectivity index (χ1v) is 7.88. The molecule has 1 N–H and O–H groups in total. The maximum absolute atomic E-state index is 6.10. The molecule has 0 atom stereocenters. The molecule has 0 amide bonds. The lowest BCUT2D eigenvalue weighted by Gasteiger charge is -2.23. The molecule has 0 bridgehead atoms. The Labute approximate surface area is 128 Å². The van der Waals surface area contributed by atoms with Crippen LogP contribution in [-0.4, -0.2) is 20.4 Å². The molecule has 2 heterocycles. The minimum atomic E-state index is 0.511. The molecule has 1 aromatic carbocycles. The lowest BCUT2D eigenvalue weighted by atomic mass is 9.95. The molecule has 0 saturated heterocycles. The molecule has 21 heavy (non-hydrogen) atoms. The molecule has 2 aromatic heterocycles. The third kappa shape index (κ3) is 2.33. The van der Waals surface area contributed by atoms with Crippen LogP contribution in [0.1, 0.15) is 32.1 Å². The van der Waals surface area contributed by atoms with E-state index >= 15 is 0 Å². The van der Waals surface area contributed by atoms with E-state index in [0.717, 1.165) is 22.5 Å². The first-order valence-electron chi connectivity index (χ1n) is 7.50. The number of aromatic nitrogens is 3. The molecule has 0 unspecified atom stereocenters. The molecule has 0 spiro atoms. The number of fused-ring (bicyclic) bond motifs is 3. The Balaban J connectivity index is 1.83. The number of nitrogens with zero attached hydrogens (tertiary/aromatic N) is 3. The summed E-state index contributed by atoms with van der Waals surface area (Å²) in [7, 11) is 0. The molecule has 1 aliphatic carbocycles. The Hall–Kier alpha value is -1.81. The highest BCUT2D eigenvalue weighted by Gasteiger charge is 2.16. The van der Waals surface area contributed by atoms with Gasteiger partial charge in [-0.1, -0.05) is 30.9 Å². The number of benzene rings is 1. The average molecular weight is 301 g/mol. The standard InChI is InChI=1S/C16H17ClN4/c17-11-6-7-13-14(10-11)21-9-8-18-16(21)15(20-13)19-12-4-2-1-3-5-12/h6-10,12H,1-5H2,(H,19,20). The van der Waals surface area contributed by atoms with Crippen molar-refractivity contribution in [1.29, 1.82) is 0 Å². The van der Waals surface area contributed by atoms with E-state index < -0.39 is 0 Å². The van der Waals surface area contributed by atoms with Crippen LogP contribution in [0.25, 0.3) is 16.7 Å². The highest BCUT2D eigenvalue weighted by Crippen LogP contribution is 2.26. The Morgan fingerprint density at radius 1 is 1.19 bits per heavy atom. The molecular formula is C16H17ClN4. The second-order valence-electron chi connectivity index (χ2n) is 5.69. The van der Waals surface area contributed by atoms with Crippen LogP contribution in [0, 0.1) is 0 Å². The average Bonchev–Trinajstić information content (AvgIpc) is 2.99. The van der Waals surface area contributed by atoms with Crippen molar-refractivity contribution in [1.82, 2.24) is 14.4 Å². The van der Waals surface area contributed by atoms with Crippen LogP contribution in [0.4, 0.5) is 5.82 Å². The Morgan fingerprint density at radius 3 is 2.90 bits per heavy atom. The summed E-state index contributed by atoms with van der Waals surface area (Å²) in [6.07, 6.45) is 10.1. The number of nitrogens with one attached hydrogen (secondary N) is 1. The van der Waals surface area contributed by atoms with E-state index in [1.807, 2.05) is 30.6 Å². The molecule has 1 aliphatic rings. The first kappa shape index (κ1) is 12.9. The van der Waals surface area contributed by atoms with E-state index in [1.165, 1.54) is 32.1 Å². The molecule has 1 fully saturated rings. The van der Waals surface area contributed by atoms with E-state index in [1.54, 1.807) is 0 Å². The number of hydrogen-bond donors (Lipinski definition) is 1. The van der Waals surface area contributed by atoms with Crippen molar-refractivity contribution >= 4 is 34.1 Å². The second kappa shape index (κ2) is 5.19. The quantitative estimate of drug-likeness (QED) is 0.768. The SMILES string of the molecule is Clc1ccc2nc(NC3CCCCC3)c3nccn3c2c1. The summed E-state index contributed by atoms with van der Waals surface area (Å²) in [5, 5.41) is 4.30. The Morgan fingerprint density at radius 2 is 2.05 bits per heavy atom. The van der Waals surface area contributed by atoms with E-state index in [4.69, 9.17) is 16.6 Å². The topological polar surface area (TPSA) is 42.2 Å². The van der Waals surface area contributed by atoms with Gasteiger partial charge in [-0.15, -0.1) is 0 Å². The number of imidazole rings is 1. The van der Waals surface area contributed by atoms with Gasteiger partial charge >= 0.3 is 0 Å². The van der Waals surface area contributed by atoms with Crippen molar-refractivity contribution in [3.05, 3.63) is 35.6 Å².